The Morgan fingerprint density at radius 2 is 2.00 bits per heavy atom. The summed E-state index contributed by atoms with van der Waals surface area (Å²) in [4.78, 5) is 16.2. The molecule has 19 heavy (non-hydrogen) atoms. The van der Waals surface area contributed by atoms with Crippen LogP contribution < -0.4 is 11.1 Å². The van der Waals surface area contributed by atoms with Gasteiger partial charge in [0, 0.05) is 37.8 Å². The molecule has 1 aliphatic heterocycles. The van der Waals surface area contributed by atoms with Crippen LogP contribution in [0, 0.1) is 0 Å². The molecule has 112 valence electrons. The van der Waals surface area contributed by atoms with Crippen molar-refractivity contribution in [3.63, 3.8) is 0 Å². The van der Waals surface area contributed by atoms with E-state index in [0.717, 1.165) is 32.6 Å². The zero-order chi connectivity index (χ0) is 14.6. The molecule has 1 rings (SSSR count). The Bertz CT molecular complexity index is 304. The maximum Gasteiger partial charge on any atom is 0.234 e. The lowest BCUT2D eigenvalue weighted by Gasteiger charge is -2.45. The number of amides is 1. The normalized spacial score (nSPS) is 22.6. The highest BCUT2D eigenvalue weighted by Gasteiger charge is 2.31. The third kappa shape index (κ3) is 5.09. The monoisotopic (exact) mass is 270 g/mol. The maximum absolute atomic E-state index is 11.4. The lowest BCUT2D eigenvalue weighted by molar-refractivity contribution is -0.120. The highest BCUT2D eigenvalue weighted by Crippen LogP contribution is 2.18. The molecule has 1 aliphatic rings. The van der Waals surface area contributed by atoms with E-state index in [-0.39, 0.29) is 23.5 Å². The number of primary amides is 1. The summed E-state index contributed by atoms with van der Waals surface area (Å²) in [6.07, 6.45) is 0.785. The Kier molecular flexibility index (Phi) is 5.77. The van der Waals surface area contributed by atoms with E-state index in [0.29, 0.717) is 0 Å². The van der Waals surface area contributed by atoms with Crippen LogP contribution in [0.2, 0.25) is 0 Å². The van der Waals surface area contributed by atoms with E-state index in [4.69, 9.17) is 5.73 Å². The number of hydrogen-bond donors (Lipinski definition) is 2. The smallest absolute Gasteiger partial charge is 0.234 e. The molecular weight excluding hydrogens is 240 g/mol. The zero-order valence-electron chi connectivity index (χ0n) is 13.1. The molecule has 1 heterocycles. The summed E-state index contributed by atoms with van der Waals surface area (Å²) in [5.74, 6) is -0.248. The second kappa shape index (κ2) is 6.68. The van der Waals surface area contributed by atoms with Gasteiger partial charge in [-0.1, -0.05) is 13.8 Å². The highest BCUT2D eigenvalue weighted by molar-refractivity contribution is 5.79. The zero-order valence-corrected chi connectivity index (χ0v) is 13.1. The van der Waals surface area contributed by atoms with Gasteiger partial charge in [-0.05, 0) is 27.3 Å². The number of hydrogen-bond acceptors (Lipinski definition) is 4. The summed E-state index contributed by atoms with van der Waals surface area (Å²) >= 11 is 0. The van der Waals surface area contributed by atoms with Crippen molar-refractivity contribution in [2.75, 3.05) is 33.2 Å². The number of nitrogens with one attached hydrogen (secondary N) is 1. The Morgan fingerprint density at radius 3 is 2.47 bits per heavy atom. The lowest BCUT2D eigenvalue weighted by atomic mass is 9.99. The van der Waals surface area contributed by atoms with Crippen LogP contribution >= 0.6 is 0 Å². The molecule has 0 aromatic rings. The first kappa shape index (κ1) is 16.4. The van der Waals surface area contributed by atoms with E-state index < -0.39 is 0 Å². The maximum atomic E-state index is 11.4. The van der Waals surface area contributed by atoms with Gasteiger partial charge in [0.15, 0.2) is 0 Å². The predicted octanol–water partition coefficient (Wildman–Crippen LogP) is 0.254. The van der Waals surface area contributed by atoms with Crippen molar-refractivity contribution in [2.24, 2.45) is 5.73 Å². The summed E-state index contributed by atoms with van der Waals surface area (Å²) in [7, 11) is 2.17. The molecule has 0 radical (unpaired) electrons. The molecule has 5 heteroatoms. The number of rotatable bonds is 6. The van der Waals surface area contributed by atoms with Crippen molar-refractivity contribution in [3.05, 3.63) is 0 Å². The van der Waals surface area contributed by atoms with Gasteiger partial charge in [0.2, 0.25) is 5.91 Å². The number of nitrogens with zero attached hydrogens (tertiary/aromatic N) is 2. The van der Waals surface area contributed by atoms with E-state index in [1.54, 1.807) is 0 Å². The summed E-state index contributed by atoms with van der Waals surface area (Å²) < 4.78 is 0. The summed E-state index contributed by atoms with van der Waals surface area (Å²) in [5, 5.41) is 3.24. The molecule has 1 saturated heterocycles. The third-order valence-corrected chi connectivity index (χ3v) is 4.01. The number of nitrogens with two attached hydrogens (primary N) is 1. The first-order chi connectivity index (χ1) is 8.72. The van der Waals surface area contributed by atoms with Crippen molar-refractivity contribution in [2.45, 2.75) is 51.7 Å². The van der Waals surface area contributed by atoms with Crippen LogP contribution in [0.5, 0.6) is 0 Å². The minimum atomic E-state index is -0.248. The van der Waals surface area contributed by atoms with Gasteiger partial charge in [-0.2, -0.15) is 0 Å². The highest BCUT2D eigenvalue weighted by atomic mass is 16.1. The minimum absolute atomic E-state index is 0.200. The summed E-state index contributed by atoms with van der Waals surface area (Å²) in [5.41, 5.74) is 5.65. The molecule has 0 saturated carbocycles. The van der Waals surface area contributed by atoms with Crippen LogP contribution in [0.15, 0.2) is 0 Å². The van der Waals surface area contributed by atoms with Crippen LogP contribution in [0.3, 0.4) is 0 Å². The van der Waals surface area contributed by atoms with E-state index in [1.165, 1.54) is 0 Å². The first-order valence-electron chi connectivity index (χ1n) is 7.21. The molecule has 1 atom stereocenters. The first-order valence-corrected chi connectivity index (χ1v) is 7.21. The fraction of sp³-hybridized carbons (Fsp3) is 0.929. The quantitative estimate of drug-likeness (QED) is 0.726. The van der Waals surface area contributed by atoms with Gasteiger partial charge in [-0.15, -0.1) is 0 Å². The standard InChI is InChI=1S/C14H30N4O/c1-11(2)16-12(13(15)19)6-7-18-9-8-17(5)14(3,4)10-18/h11-12,16H,6-10H2,1-5H3,(H2,15,19). The molecular formula is C14H30N4O. The van der Waals surface area contributed by atoms with Crippen LogP contribution in [0.1, 0.15) is 34.1 Å². The van der Waals surface area contributed by atoms with Crippen LogP contribution in [-0.4, -0.2) is 66.6 Å². The topological polar surface area (TPSA) is 61.6 Å². The predicted molar refractivity (Wildman–Crippen MR) is 79.0 cm³/mol. The van der Waals surface area contributed by atoms with Gasteiger partial charge in [0.05, 0.1) is 6.04 Å². The average molecular weight is 270 g/mol. The molecule has 1 fully saturated rings. The Labute approximate surface area is 117 Å². The van der Waals surface area contributed by atoms with Gasteiger partial charge < -0.3 is 16.0 Å². The van der Waals surface area contributed by atoms with Crippen LogP contribution in [0.25, 0.3) is 0 Å². The Balaban J connectivity index is 2.44. The third-order valence-electron chi connectivity index (χ3n) is 4.01. The van der Waals surface area contributed by atoms with Gasteiger partial charge in [0.1, 0.15) is 0 Å². The molecule has 0 aromatic carbocycles. The summed E-state index contributed by atoms with van der Waals surface area (Å²) in [6, 6.07) is 0.0594. The van der Waals surface area contributed by atoms with E-state index in [9.17, 15) is 4.79 Å². The molecule has 0 spiro atoms. The largest absolute Gasteiger partial charge is 0.368 e. The lowest BCUT2D eigenvalue weighted by Crippen LogP contribution is -2.58. The summed E-state index contributed by atoms with van der Waals surface area (Å²) in [6.45, 7) is 12.7. The Morgan fingerprint density at radius 1 is 1.37 bits per heavy atom. The number of carbonyl (C=O) groups excluding carboxylic acids is 1. The molecule has 0 bridgehead atoms. The fourth-order valence-corrected chi connectivity index (χ4v) is 2.55. The molecule has 3 N–H and O–H groups in total. The second-order valence-corrected chi connectivity index (χ2v) is 6.58. The Hall–Kier alpha value is -0.650. The van der Waals surface area contributed by atoms with Crippen LogP contribution in [-0.2, 0) is 4.79 Å². The average Bonchev–Trinajstić information content (AvgIpc) is 2.27. The molecule has 1 amide bonds. The van der Waals surface area contributed by atoms with E-state index >= 15 is 0 Å². The van der Waals surface area contributed by atoms with E-state index in [1.807, 2.05) is 13.8 Å². The molecule has 0 aromatic heterocycles. The molecule has 5 nitrogen and oxygen atoms in total. The van der Waals surface area contributed by atoms with E-state index in [2.05, 4.69) is 36.0 Å². The van der Waals surface area contributed by atoms with Gasteiger partial charge in [0.25, 0.3) is 0 Å². The fourth-order valence-electron chi connectivity index (χ4n) is 2.55. The molecule has 1 unspecified atom stereocenters. The van der Waals surface area contributed by atoms with Gasteiger partial charge >= 0.3 is 0 Å². The van der Waals surface area contributed by atoms with Crippen LogP contribution in [0.4, 0.5) is 0 Å². The number of likely N-dealkylation sites (N-methyl/N-ethyl adjacent to an activating group) is 1. The van der Waals surface area contributed by atoms with Gasteiger partial charge in [-0.25, -0.2) is 0 Å². The van der Waals surface area contributed by atoms with Crippen molar-refractivity contribution >= 4 is 5.91 Å². The van der Waals surface area contributed by atoms with Crippen molar-refractivity contribution in [1.82, 2.24) is 15.1 Å². The van der Waals surface area contributed by atoms with Crippen molar-refractivity contribution in [1.29, 1.82) is 0 Å². The van der Waals surface area contributed by atoms with Crippen molar-refractivity contribution < 1.29 is 4.79 Å². The molecule has 0 aliphatic carbocycles. The van der Waals surface area contributed by atoms with Gasteiger partial charge in [-0.3, -0.25) is 9.69 Å². The SMILES string of the molecule is CC(C)NC(CCN1CCN(C)C(C)(C)C1)C(N)=O. The number of carbonyl (C=O) groups is 1. The minimum Gasteiger partial charge on any atom is -0.368 e. The second-order valence-electron chi connectivity index (χ2n) is 6.58. The van der Waals surface area contributed by atoms with Crippen molar-refractivity contribution in [3.8, 4) is 0 Å². The number of piperazine rings is 1.